The smallest absolute Gasteiger partial charge is 0.266 e. The summed E-state index contributed by atoms with van der Waals surface area (Å²) in [7, 11) is -7.36. The maximum atomic E-state index is 11.7. The molecule has 0 heterocycles. The van der Waals surface area contributed by atoms with Crippen LogP contribution in [-0.4, -0.2) is 23.9 Å². The topological polar surface area (TPSA) is 178 Å². The molecule has 0 radical (unpaired) electrons. The predicted octanol–water partition coefficient (Wildman–Crippen LogP) is 1.73. The molecule has 0 unspecified atom stereocenters. The summed E-state index contributed by atoms with van der Waals surface area (Å²) in [4.78, 5) is 3.22. The zero-order valence-corrected chi connectivity index (χ0v) is 11.5. The van der Waals surface area contributed by atoms with Gasteiger partial charge in [0.15, 0.2) is 0 Å². The van der Waals surface area contributed by atoms with E-state index in [1.54, 1.807) is 0 Å². The molecule has 1 rings (SSSR count). The van der Waals surface area contributed by atoms with Gasteiger partial charge >= 0.3 is 0 Å². The van der Waals surface area contributed by atoms with Crippen LogP contribution in [0.5, 0.6) is 0 Å². The van der Waals surface area contributed by atoms with E-state index in [0.29, 0.717) is 0 Å². The number of azide groups is 2. The number of nitrogens with one attached hydrogen (secondary N) is 1. The zero-order valence-electron chi connectivity index (χ0n) is 9.86. The Morgan fingerprint density at radius 3 is 2.10 bits per heavy atom. The largest absolute Gasteiger partial charge is 0.387 e. The van der Waals surface area contributed by atoms with E-state index in [0.717, 1.165) is 18.2 Å². The van der Waals surface area contributed by atoms with Crippen LogP contribution < -0.4 is 5.32 Å². The number of sulfonamides is 2. The van der Waals surface area contributed by atoms with Gasteiger partial charge in [0.05, 0.1) is 15.5 Å². The molecule has 1 aromatic rings. The number of benzene rings is 1. The molecule has 1 N–H and O–H groups in total. The lowest BCUT2D eigenvalue weighted by Gasteiger charge is -2.08. The molecular formula is C7H7N7O4S2. The third-order valence-electron chi connectivity index (χ3n) is 2.09. The summed E-state index contributed by atoms with van der Waals surface area (Å²) in [5.41, 5.74) is 16.4. The van der Waals surface area contributed by atoms with Gasteiger partial charge < -0.3 is 5.32 Å². The molecule has 0 aromatic heterocycles. The molecule has 0 bridgehead atoms. The standard InChI is InChI=1S/C7H7N7O4S2/c1-10-6-3-2-5(19(15,16)13-11-8)4-7(6)20(17,18)14-12-9/h2-4,10H,1H3. The van der Waals surface area contributed by atoms with Crippen LogP contribution in [-0.2, 0) is 20.0 Å². The maximum absolute atomic E-state index is 11.7. The lowest BCUT2D eigenvalue weighted by molar-refractivity contribution is 0.596. The molecule has 0 atom stereocenters. The minimum atomic E-state index is -4.40. The molecule has 0 saturated carbocycles. The van der Waals surface area contributed by atoms with E-state index in [9.17, 15) is 16.8 Å². The predicted molar refractivity (Wildman–Crippen MR) is 68.7 cm³/mol. The molecule has 1 aromatic carbocycles. The Morgan fingerprint density at radius 1 is 1.05 bits per heavy atom. The first-order valence-electron chi connectivity index (χ1n) is 4.73. The van der Waals surface area contributed by atoms with Crippen molar-refractivity contribution in [2.24, 2.45) is 9.04 Å². The van der Waals surface area contributed by atoms with E-state index in [1.165, 1.54) is 7.05 Å². The Balaban J connectivity index is 3.69. The van der Waals surface area contributed by atoms with Gasteiger partial charge in [-0.2, -0.15) is 0 Å². The summed E-state index contributed by atoms with van der Waals surface area (Å²) in [5.74, 6) is 0. The lowest BCUT2D eigenvalue weighted by Crippen LogP contribution is -2.04. The van der Waals surface area contributed by atoms with Crippen molar-refractivity contribution >= 4 is 25.7 Å². The Labute approximate surface area is 113 Å². The van der Waals surface area contributed by atoms with Gasteiger partial charge in [0.1, 0.15) is 0 Å². The van der Waals surface area contributed by atoms with Crippen molar-refractivity contribution < 1.29 is 16.8 Å². The zero-order chi connectivity index (χ0) is 15.4. The summed E-state index contributed by atoms with van der Waals surface area (Å²) in [6.07, 6.45) is 0. The Hall–Kier alpha value is -2.46. The van der Waals surface area contributed by atoms with Gasteiger partial charge in [0.2, 0.25) is 0 Å². The number of nitrogens with zero attached hydrogens (tertiary/aromatic N) is 6. The first-order valence-corrected chi connectivity index (χ1v) is 7.61. The van der Waals surface area contributed by atoms with Crippen molar-refractivity contribution in [2.75, 3.05) is 12.4 Å². The lowest BCUT2D eigenvalue weighted by atomic mass is 10.3. The number of rotatable bonds is 5. The van der Waals surface area contributed by atoms with Crippen molar-refractivity contribution in [1.82, 2.24) is 0 Å². The first-order chi connectivity index (χ1) is 9.28. The fourth-order valence-corrected chi connectivity index (χ4v) is 2.95. The van der Waals surface area contributed by atoms with E-state index in [4.69, 9.17) is 11.1 Å². The summed E-state index contributed by atoms with van der Waals surface area (Å²) >= 11 is 0. The Bertz CT molecular complexity index is 832. The van der Waals surface area contributed by atoms with Crippen LogP contribution in [0.1, 0.15) is 0 Å². The SMILES string of the molecule is CNc1ccc(S(=O)(=O)N=[N+]=[N-])cc1S(=O)(=O)N=[N+]=[N-]. The monoisotopic (exact) mass is 317 g/mol. The van der Waals surface area contributed by atoms with Gasteiger partial charge in [-0.15, -0.1) is 0 Å². The molecule has 0 amide bonds. The van der Waals surface area contributed by atoms with E-state index in [2.05, 4.69) is 24.2 Å². The molecule has 20 heavy (non-hydrogen) atoms. The molecule has 11 nitrogen and oxygen atoms in total. The first kappa shape index (κ1) is 15.6. The van der Waals surface area contributed by atoms with Crippen molar-refractivity contribution in [3.05, 3.63) is 39.1 Å². The Kier molecular flexibility index (Phi) is 4.42. The summed E-state index contributed by atoms with van der Waals surface area (Å²) in [6.45, 7) is 0. The highest BCUT2D eigenvalue weighted by Crippen LogP contribution is 2.27. The van der Waals surface area contributed by atoms with Crippen molar-refractivity contribution in [3.8, 4) is 0 Å². The van der Waals surface area contributed by atoms with Gasteiger partial charge in [-0.05, 0) is 29.3 Å². The van der Waals surface area contributed by atoms with E-state index < -0.39 is 29.8 Å². The normalized spacial score (nSPS) is 11.1. The van der Waals surface area contributed by atoms with Crippen molar-refractivity contribution in [2.45, 2.75) is 9.79 Å². The third-order valence-corrected chi connectivity index (χ3v) is 4.41. The van der Waals surface area contributed by atoms with Crippen LogP contribution in [0.15, 0.2) is 37.0 Å². The fourth-order valence-electron chi connectivity index (χ4n) is 1.27. The molecule has 13 heteroatoms. The van der Waals surface area contributed by atoms with E-state index in [-0.39, 0.29) is 5.69 Å². The summed E-state index contributed by atoms with van der Waals surface area (Å²) in [6, 6.07) is 2.92. The third kappa shape index (κ3) is 3.10. The average Bonchev–Trinajstić information content (AvgIpc) is 2.37. The molecule has 0 spiro atoms. The highest BCUT2D eigenvalue weighted by Gasteiger charge is 2.21. The van der Waals surface area contributed by atoms with Gasteiger partial charge in [-0.25, -0.2) is 16.8 Å². The average molecular weight is 317 g/mol. The van der Waals surface area contributed by atoms with E-state index in [1.807, 2.05) is 0 Å². The quantitative estimate of drug-likeness (QED) is 0.492. The van der Waals surface area contributed by atoms with Crippen molar-refractivity contribution in [1.29, 1.82) is 0 Å². The number of anilines is 1. The highest BCUT2D eigenvalue weighted by atomic mass is 32.2. The molecule has 0 fully saturated rings. The second-order valence-electron chi connectivity index (χ2n) is 3.20. The summed E-state index contributed by atoms with van der Waals surface area (Å²) in [5, 5.41) is 2.51. The van der Waals surface area contributed by atoms with Crippen LogP contribution in [0.25, 0.3) is 20.9 Å². The molecule has 0 aliphatic rings. The second-order valence-corrected chi connectivity index (χ2v) is 6.34. The molecular weight excluding hydrogens is 310 g/mol. The molecule has 106 valence electrons. The van der Waals surface area contributed by atoms with Crippen LogP contribution in [0, 0.1) is 0 Å². The Morgan fingerprint density at radius 2 is 1.60 bits per heavy atom. The minimum Gasteiger partial charge on any atom is -0.387 e. The van der Waals surface area contributed by atoms with Gasteiger partial charge in [-0.1, -0.05) is 0 Å². The molecule has 0 aliphatic heterocycles. The van der Waals surface area contributed by atoms with Crippen LogP contribution in [0.3, 0.4) is 0 Å². The van der Waals surface area contributed by atoms with Crippen LogP contribution in [0.2, 0.25) is 0 Å². The summed E-state index contributed by atoms with van der Waals surface area (Å²) < 4.78 is 51.6. The van der Waals surface area contributed by atoms with Gasteiger partial charge in [0.25, 0.3) is 20.0 Å². The van der Waals surface area contributed by atoms with Gasteiger partial charge in [-0.3, -0.25) is 0 Å². The highest BCUT2D eigenvalue weighted by molar-refractivity contribution is 7.91. The maximum Gasteiger partial charge on any atom is 0.266 e. The van der Waals surface area contributed by atoms with Crippen LogP contribution >= 0.6 is 0 Å². The second kappa shape index (κ2) is 5.67. The van der Waals surface area contributed by atoms with E-state index >= 15 is 0 Å². The van der Waals surface area contributed by atoms with Crippen LogP contribution in [0.4, 0.5) is 5.69 Å². The van der Waals surface area contributed by atoms with Gasteiger partial charge in [0, 0.05) is 25.9 Å². The minimum absolute atomic E-state index is 0.0253. The van der Waals surface area contributed by atoms with Crippen molar-refractivity contribution in [3.63, 3.8) is 0 Å². The number of hydrogen-bond acceptors (Lipinski definition) is 5. The molecule has 0 saturated heterocycles. The fraction of sp³-hybridized carbons (Fsp3) is 0.143. The molecule has 0 aliphatic carbocycles. The number of hydrogen-bond donors (Lipinski definition) is 1.